The van der Waals surface area contributed by atoms with Crippen LogP contribution in [-0.2, 0) is 32.6 Å². The number of para-hydroxylation sites is 1. The van der Waals surface area contributed by atoms with Gasteiger partial charge in [-0.2, -0.15) is 0 Å². The van der Waals surface area contributed by atoms with E-state index in [9.17, 15) is 18.0 Å². The predicted molar refractivity (Wildman–Crippen MR) is 161 cm³/mol. The van der Waals surface area contributed by atoms with Crippen LogP contribution in [0.4, 0.5) is 5.69 Å². The number of anilines is 1. The number of sulfonamides is 1. The fourth-order valence-electron chi connectivity index (χ4n) is 4.26. The molecule has 3 aromatic rings. The number of aryl methyl sites for hydroxylation is 2. The molecule has 0 aliphatic rings. The van der Waals surface area contributed by atoms with Crippen LogP contribution < -0.4 is 9.62 Å². The molecule has 9 heteroatoms. The highest BCUT2D eigenvalue weighted by molar-refractivity contribution is 7.92. The number of nitrogens with one attached hydrogen (secondary N) is 1. The average molecular weight is 584 g/mol. The summed E-state index contributed by atoms with van der Waals surface area (Å²) in [6.45, 7) is 8.86. The van der Waals surface area contributed by atoms with Gasteiger partial charge in [-0.3, -0.25) is 13.9 Å². The Kier molecular flexibility index (Phi) is 10.8. The lowest BCUT2D eigenvalue weighted by molar-refractivity contribution is -0.139. The van der Waals surface area contributed by atoms with Gasteiger partial charge in [-0.05, 0) is 69.0 Å². The summed E-state index contributed by atoms with van der Waals surface area (Å²) < 4.78 is 29.2. The summed E-state index contributed by atoms with van der Waals surface area (Å²) in [6, 6.07) is 19.8. The molecule has 214 valence electrons. The van der Waals surface area contributed by atoms with Crippen LogP contribution in [0.3, 0.4) is 0 Å². The number of halogens is 1. The van der Waals surface area contributed by atoms with Crippen molar-refractivity contribution < 1.29 is 18.0 Å². The van der Waals surface area contributed by atoms with Crippen molar-refractivity contribution >= 4 is 39.1 Å². The van der Waals surface area contributed by atoms with Gasteiger partial charge in [0.2, 0.25) is 11.8 Å². The highest BCUT2D eigenvalue weighted by atomic mass is 35.5. The molecule has 0 radical (unpaired) electrons. The van der Waals surface area contributed by atoms with Crippen molar-refractivity contribution in [2.45, 2.75) is 71.0 Å². The first-order chi connectivity index (χ1) is 19.0. The van der Waals surface area contributed by atoms with Gasteiger partial charge in [0.05, 0.1) is 10.6 Å². The van der Waals surface area contributed by atoms with E-state index in [1.165, 1.54) is 4.90 Å². The number of nitrogens with zero attached hydrogens (tertiary/aromatic N) is 2. The maximum absolute atomic E-state index is 14.1. The summed E-state index contributed by atoms with van der Waals surface area (Å²) in [5.41, 5.74) is 2.78. The molecule has 40 heavy (non-hydrogen) atoms. The van der Waals surface area contributed by atoms with Gasteiger partial charge in [-0.25, -0.2) is 8.42 Å². The predicted octanol–water partition coefficient (Wildman–Crippen LogP) is 5.74. The third kappa shape index (κ3) is 7.43. The molecule has 0 aromatic heterocycles. The highest BCUT2D eigenvalue weighted by Gasteiger charge is 2.33. The van der Waals surface area contributed by atoms with Gasteiger partial charge < -0.3 is 10.2 Å². The van der Waals surface area contributed by atoms with E-state index >= 15 is 0 Å². The summed E-state index contributed by atoms with van der Waals surface area (Å²) in [5.74, 6) is -0.843. The van der Waals surface area contributed by atoms with Crippen LogP contribution in [0.2, 0.25) is 5.02 Å². The Morgan fingerprint density at radius 2 is 1.50 bits per heavy atom. The van der Waals surface area contributed by atoms with Gasteiger partial charge in [0.25, 0.3) is 10.0 Å². The number of carbonyl (C=O) groups is 2. The summed E-state index contributed by atoms with van der Waals surface area (Å²) in [5, 5.41) is 3.39. The number of amides is 2. The molecule has 0 heterocycles. The van der Waals surface area contributed by atoms with Crippen molar-refractivity contribution in [3.63, 3.8) is 0 Å². The van der Waals surface area contributed by atoms with Crippen molar-refractivity contribution in [1.82, 2.24) is 10.2 Å². The Labute approximate surface area is 243 Å². The topological polar surface area (TPSA) is 86.8 Å². The second-order valence-electron chi connectivity index (χ2n) is 9.91. The Morgan fingerprint density at radius 3 is 2.10 bits per heavy atom. The number of benzene rings is 3. The zero-order chi connectivity index (χ0) is 29.4. The Balaban J connectivity index is 2.07. The molecular formula is C31H38ClN3O4S. The molecule has 0 saturated carbocycles. The van der Waals surface area contributed by atoms with Gasteiger partial charge in [0.15, 0.2) is 0 Å². The first kappa shape index (κ1) is 31.2. The average Bonchev–Trinajstić information content (AvgIpc) is 2.95. The van der Waals surface area contributed by atoms with E-state index in [1.54, 1.807) is 67.6 Å². The molecule has 2 amide bonds. The lowest BCUT2D eigenvalue weighted by Gasteiger charge is -2.33. The monoisotopic (exact) mass is 583 g/mol. The summed E-state index contributed by atoms with van der Waals surface area (Å²) >= 11 is 6.43. The first-order valence-electron chi connectivity index (χ1n) is 13.5. The van der Waals surface area contributed by atoms with Crippen molar-refractivity contribution in [1.29, 1.82) is 0 Å². The van der Waals surface area contributed by atoms with Crippen LogP contribution in [0.15, 0.2) is 77.7 Å². The van der Waals surface area contributed by atoms with E-state index in [1.807, 2.05) is 39.8 Å². The molecule has 0 spiro atoms. The van der Waals surface area contributed by atoms with Gasteiger partial charge >= 0.3 is 0 Å². The van der Waals surface area contributed by atoms with Gasteiger partial charge in [-0.1, -0.05) is 79.5 Å². The van der Waals surface area contributed by atoms with E-state index in [2.05, 4.69) is 5.32 Å². The molecule has 0 aliphatic heterocycles. The molecule has 7 nitrogen and oxygen atoms in total. The highest BCUT2D eigenvalue weighted by Crippen LogP contribution is 2.29. The third-order valence-electron chi connectivity index (χ3n) is 7.00. The molecular weight excluding hydrogens is 546 g/mol. The Morgan fingerprint density at radius 1 is 0.900 bits per heavy atom. The van der Waals surface area contributed by atoms with Gasteiger partial charge in [0.1, 0.15) is 12.6 Å². The standard InChI is InChI=1S/C31H38ClN3O4S/c1-6-23(4)33-31(37)24(5)34(20-26-13-8-10-14-28(26)32)30(36)21-35(29-15-11-9-12-25(29)7-2)40(38,39)27-18-16-22(3)17-19-27/h8-19,23-24H,6-7,20-21H2,1-5H3,(H,33,37)/t23-,24+/m0/s1. The zero-order valence-corrected chi connectivity index (χ0v) is 25.3. The van der Waals surface area contributed by atoms with Crippen LogP contribution in [-0.4, -0.2) is 43.8 Å². The van der Waals surface area contributed by atoms with Crippen molar-refractivity contribution in [2.75, 3.05) is 10.8 Å². The van der Waals surface area contributed by atoms with E-state index in [0.717, 1.165) is 21.9 Å². The van der Waals surface area contributed by atoms with E-state index in [-0.39, 0.29) is 23.4 Å². The smallest absolute Gasteiger partial charge is 0.264 e. The molecule has 1 N–H and O–H groups in total. The van der Waals surface area contributed by atoms with Crippen LogP contribution >= 0.6 is 11.6 Å². The van der Waals surface area contributed by atoms with Crippen molar-refractivity contribution in [3.8, 4) is 0 Å². The van der Waals surface area contributed by atoms with Crippen LogP contribution in [0.1, 0.15) is 50.8 Å². The second kappa shape index (κ2) is 13.8. The quantitative estimate of drug-likeness (QED) is 0.295. The van der Waals surface area contributed by atoms with E-state index in [4.69, 9.17) is 11.6 Å². The SMILES string of the molecule is CCc1ccccc1N(CC(=O)N(Cc1ccccc1Cl)[C@H](C)C(=O)N[C@@H](C)CC)S(=O)(=O)c1ccc(C)cc1. The molecule has 3 aromatic carbocycles. The summed E-state index contributed by atoms with van der Waals surface area (Å²) in [6.07, 6.45) is 1.30. The fraction of sp³-hybridized carbons (Fsp3) is 0.355. The molecule has 2 atom stereocenters. The molecule has 0 aliphatic carbocycles. The largest absolute Gasteiger partial charge is 0.352 e. The molecule has 0 fully saturated rings. The number of carbonyl (C=O) groups excluding carboxylic acids is 2. The maximum Gasteiger partial charge on any atom is 0.264 e. The molecule has 3 rings (SSSR count). The minimum absolute atomic E-state index is 0.0431. The normalized spacial score (nSPS) is 12.8. The van der Waals surface area contributed by atoms with Crippen LogP contribution in [0, 0.1) is 6.92 Å². The molecule has 0 unspecified atom stereocenters. The van der Waals surface area contributed by atoms with Crippen molar-refractivity contribution in [3.05, 3.63) is 94.5 Å². The van der Waals surface area contributed by atoms with Crippen molar-refractivity contribution in [2.24, 2.45) is 0 Å². The third-order valence-corrected chi connectivity index (χ3v) is 9.14. The molecule has 0 saturated heterocycles. The number of rotatable bonds is 12. The first-order valence-corrected chi connectivity index (χ1v) is 15.3. The van der Waals surface area contributed by atoms with E-state index < -0.39 is 28.5 Å². The van der Waals surface area contributed by atoms with Gasteiger partial charge in [0, 0.05) is 17.6 Å². The Hall–Kier alpha value is -3.36. The van der Waals surface area contributed by atoms with Gasteiger partial charge in [-0.15, -0.1) is 0 Å². The Bertz CT molecular complexity index is 1430. The van der Waals surface area contributed by atoms with Crippen LogP contribution in [0.5, 0.6) is 0 Å². The molecule has 0 bridgehead atoms. The summed E-state index contributed by atoms with van der Waals surface area (Å²) in [7, 11) is -4.12. The van der Waals surface area contributed by atoms with Crippen LogP contribution in [0.25, 0.3) is 0 Å². The number of hydrogen-bond acceptors (Lipinski definition) is 4. The zero-order valence-electron chi connectivity index (χ0n) is 23.7. The summed E-state index contributed by atoms with van der Waals surface area (Å²) in [4.78, 5) is 28.7. The minimum Gasteiger partial charge on any atom is -0.352 e. The maximum atomic E-state index is 14.1. The minimum atomic E-state index is -4.12. The lowest BCUT2D eigenvalue weighted by Crippen LogP contribution is -2.52. The fourth-order valence-corrected chi connectivity index (χ4v) is 5.91. The second-order valence-corrected chi connectivity index (χ2v) is 12.2. The lowest BCUT2D eigenvalue weighted by atomic mass is 10.1. The number of hydrogen-bond donors (Lipinski definition) is 1. The van der Waals surface area contributed by atoms with E-state index in [0.29, 0.717) is 22.7 Å².